The first-order chi connectivity index (χ1) is 15.2. The molecule has 1 aliphatic heterocycles. The summed E-state index contributed by atoms with van der Waals surface area (Å²) < 4.78 is 5.96. The maximum Gasteiger partial charge on any atom is 0.223 e. The second-order valence-corrected chi connectivity index (χ2v) is 8.32. The fourth-order valence-electron chi connectivity index (χ4n) is 3.98. The lowest BCUT2D eigenvalue weighted by Crippen LogP contribution is -2.40. The molecule has 0 saturated carbocycles. The number of ether oxygens (including phenoxy) is 1. The molecule has 1 aliphatic rings. The number of para-hydroxylation sites is 1. The maximum absolute atomic E-state index is 12.6. The quantitative estimate of drug-likeness (QED) is 0.569. The van der Waals surface area contributed by atoms with Crippen LogP contribution in [0.5, 0.6) is 11.5 Å². The van der Waals surface area contributed by atoms with Gasteiger partial charge in [-0.25, -0.2) is 0 Å². The zero-order chi connectivity index (χ0) is 21.5. The van der Waals surface area contributed by atoms with Crippen molar-refractivity contribution in [2.24, 2.45) is 5.92 Å². The highest BCUT2D eigenvalue weighted by Crippen LogP contribution is 2.24. The average Bonchev–Trinajstić information content (AvgIpc) is 2.80. The Hall–Kier alpha value is -3.11. The van der Waals surface area contributed by atoms with Crippen molar-refractivity contribution in [1.82, 2.24) is 10.2 Å². The Morgan fingerprint density at radius 3 is 2.35 bits per heavy atom. The van der Waals surface area contributed by atoms with Gasteiger partial charge in [0.05, 0.1) is 0 Å². The molecule has 0 aromatic heterocycles. The normalized spacial score (nSPS) is 14.9. The van der Waals surface area contributed by atoms with Gasteiger partial charge in [0.2, 0.25) is 5.91 Å². The lowest BCUT2D eigenvalue weighted by Gasteiger charge is -2.31. The van der Waals surface area contributed by atoms with Gasteiger partial charge in [-0.2, -0.15) is 0 Å². The molecule has 1 heterocycles. The van der Waals surface area contributed by atoms with Crippen LogP contribution in [0.4, 0.5) is 0 Å². The summed E-state index contributed by atoms with van der Waals surface area (Å²) in [4.78, 5) is 15.0. The molecule has 0 atom stereocenters. The SMILES string of the molecule is Cc1ccc(CNC(=O)C2CCN(Cc3cccc(Oc4ccccc4)c3)CC2)cc1. The third-order valence-electron chi connectivity index (χ3n) is 5.83. The van der Waals surface area contributed by atoms with E-state index in [9.17, 15) is 4.79 Å². The molecule has 0 bridgehead atoms. The van der Waals surface area contributed by atoms with Crippen molar-refractivity contribution >= 4 is 5.91 Å². The minimum atomic E-state index is 0.106. The fourth-order valence-corrected chi connectivity index (χ4v) is 3.98. The number of amides is 1. The van der Waals surface area contributed by atoms with Gasteiger partial charge in [-0.15, -0.1) is 0 Å². The molecule has 4 rings (SSSR count). The molecule has 31 heavy (non-hydrogen) atoms. The first-order valence-electron chi connectivity index (χ1n) is 11.0. The topological polar surface area (TPSA) is 41.6 Å². The van der Waals surface area contributed by atoms with Crippen LogP contribution in [0, 0.1) is 12.8 Å². The first-order valence-corrected chi connectivity index (χ1v) is 11.0. The third kappa shape index (κ3) is 6.19. The summed E-state index contributed by atoms with van der Waals surface area (Å²) in [6.45, 7) is 5.43. The summed E-state index contributed by atoms with van der Waals surface area (Å²) >= 11 is 0. The Morgan fingerprint density at radius 1 is 0.903 bits per heavy atom. The number of rotatable bonds is 7. The molecule has 160 valence electrons. The van der Waals surface area contributed by atoms with Crippen molar-refractivity contribution < 1.29 is 9.53 Å². The molecule has 4 heteroatoms. The Morgan fingerprint density at radius 2 is 1.61 bits per heavy atom. The van der Waals surface area contributed by atoms with Crippen molar-refractivity contribution in [3.8, 4) is 11.5 Å². The van der Waals surface area contributed by atoms with Gasteiger partial charge >= 0.3 is 0 Å². The minimum absolute atomic E-state index is 0.106. The highest BCUT2D eigenvalue weighted by molar-refractivity contribution is 5.78. The highest BCUT2D eigenvalue weighted by Gasteiger charge is 2.24. The summed E-state index contributed by atoms with van der Waals surface area (Å²) in [5.74, 6) is 1.99. The summed E-state index contributed by atoms with van der Waals surface area (Å²) in [6, 6.07) is 26.4. The van der Waals surface area contributed by atoms with Gasteiger partial charge in [-0.05, 0) is 68.2 Å². The lowest BCUT2D eigenvalue weighted by molar-refractivity contribution is -0.126. The van der Waals surface area contributed by atoms with E-state index in [0.29, 0.717) is 6.54 Å². The van der Waals surface area contributed by atoms with Crippen LogP contribution in [-0.4, -0.2) is 23.9 Å². The van der Waals surface area contributed by atoms with Gasteiger partial charge < -0.3 is 10.1 Å². The van der Waals surface area contributed by atoms with Gasteiger partial charge in [-0.1, -0.05) is 60.2 Å². The van der Waals surface area contributed by atoms with E-state index in [1.54, 1.807) is 0 Å². The van der Waals surface area contributed by atoms with Crippen LogP contribution in [0.1, 0.15) is 29.5 Å². The number of nitrogens with one attached hydrogen (secondary N) is 1. The number of likely N-dealkylation sites (tertiary alicyclic amines) is 1. The number of hydrogen-bond donors (Lipinski definition) is 1. The molecular formula is C27H30N2O2. The van der Waals surface area contributed by atoms with Gasteiger partial charge in [0.25, 0.3) is 0 Å². The van der Waals surface area contributed by atoms with Crippen LogP contribution >= 0.6 is 0 Å². The van der Waals surface area contributed by atoms with Crippen molar-refractivity contribution in [2.45, 2.75) is 32.9 Å². The van der Waals surface area contributed by atoms with E-state index in [1.807, 2.05) is 42.5 Å². The average molecular weight is 415 g/mol. The van der Waals surface area contributed by atoms with Crippen LogP contribution < -0.4 is 10.1 Å². The number of nitrogens with zero attached hydrogens (tertiary/aromatic N) is 1. The largest absolute Gasteiger partial charge is 0.457 e. The van der Waals surface area contributed by atoms with Crippen molar-refractivity contribution in [2.75, 3.05) is 13.1 Å². The summed E-state index contributed by atoms with van der Waals surface area (Å²) in [7, 11) is 0. The highest BCUT2D eigenvalue weighted by atomic mass is 16.5. The van der Waals surface area contributed by atoms with E-state index >= 15 is 0 Å². The Balaban J connectivity index is 1.24. The maximum atomic E-state index is 12.6. The van der Waals surface area contributed by atoms with E-state index in [4.69, 9.17) is 4.74 Å². The molecule has 0 unspecified atom stereocenters. The van der Waals surface area contributed by atoms with Gasteiger partial charge in [0.15, 0.2) is 0 Å². The summed E-state index contributed by atoms with van der Waals surface area (Å²) in [6.07, 6.45) is 1.81. The molecular weight excluding hydrogens is 384 g/mol. The molecule has 1 fully saturated rings. The lowest BCUT2D eigenvalue weighted by atomic mass is 9.95. The molecule has 1 amide bonds. The Kier molecular flexibility index (Phi) is 7.00. The number of carbonyl (C=O) groups is 1. The molecule has 1 saturated heterocycles. The van der Waals surface area contributed by atoms with Crippen LogP contribution in [0.3, 0.4) is 0 Å². The van der Waals surface area contributed by atoms with Gasteiger partial charge in [-0.3, -0.25) is 9.69 Å². The molecule has 3 aromatic carbocycles. The third-order valence-corrected chi connectivity index (χ3v) is 5.83. The summed E-state index contributed by atoms with van der Waals surface area (Å²) in [5, 5.41) is 3.11. The van der Waals surface area contributed by atoms with E-state index in [2.05, 4.69) is 53.5 Å². The molecule has 4 nitrogen and oxygen atoms in total. The zero-order valence-corrected chi connectivity index (χ0v) is 18.1. The Labute approximate surface area is 184 Å². The van der Waals surface area contributed by atoms with Crippen LogP contribution in [0.25, 0.3) is 0 Å². The minimum Gasteiger partial charge on any atom is -0.457 e. The predicted octanol–water partition coefficient (Wildman–Crippen LogP) is 5.32. The number of aryl methyl sites for hydroxylation is 1. The van der Waals surface area contributed by atoms with Crippen LogP contribution in [0.15, 0.2) is 78.9 Å². The molecule has 1 N–H and O–H groups in total. The van der Waals surface area contributed by atoms with Crippen LogP contribution in [-0.2, 0) is 17.9 Å². The van der Waals surface area contributed by atoms with Gasteiger partial charge in [0, 0.05) is 19.0 Å². The number of carbonyl (C=O) groups excluding carboxylic acids is 1. The predicted molar refractivity (Wildman–Crippen MR) is 124 cm³/mol. The van der Waals surface area contributed by atoms with Crippen molar-refractivity contribution in [1.29, 1.82) is 0 Å². The first kappa shape index (κ1) is 21.1. The number of benzene rings is 3. The summed E-state index contributed by atoms with van der Waals surface area (Å²) in [5.41, 5.74) is 3.62. The smallest absolute Gasteiger partial charge is 0.223 e. The molecule has 0 aliphatic carbocycles. The van der Waals surface area contributed by atoms with Crippen molar-refractivity contribution in [3.63, 3.8) is 0 Å². The number of piperidine rings is 1. The number of hydrogen-bond acceptors (Lipinski definition) is 3. The zero-order valence-electron chi connectivity index (χ0n) is 18.1. The second kappa shape index (κ2) is 10.3. The second-order valence-electron chi connectivity index (χ2n) is 8.32. The van der Waals surface area contributed by atoms with E-state index < -0.39 is 0 Å². The van der Waals surface area contributed by atoms with Crippen molar-refractivity contribution in [3.05, 3.63) is 95.6 Å². The van der Waals surface area contributed by atoms with E-state index in [-0.39, 0.29) is 11.8 Å². The fraction of sp³-hybridized carbons (Fsp3) is 0.296. The monoisotopic (exact) mass is 414 g/mol. The van der Waals surface area contributed by atoms with Gasteiger partial charge in [0.1, 0.15) is 11.5 Å². The van der Waals surface area contributed by atoms with E-state index in [1.165, 1.54) is 11.1 Å². The molecule has 0 spiro atoms. The van der Waals surface area contributed by atoms with E-state index in [0.717, 1.165) is 49.5 Å². The Bertz CT molecular complexity index is 978. The molecule has 0 radical (unpaired) electrons. The standard InChI is InChI=1S/C27H30N2O2/c1-21-10-12-22(13-11-21)19-28-27(30)24-14-16-29(17-15-24)20-23-6-5-9-26(18-23)31-25-7-3-2-4-8-25/h2-13,18,24H,14-17,19-20H2,1H3,(H,28,30). The van der Waals surface area contributed by atoms with Crippen LogP contribution in [0.2, 0.25) is 0 Å². The molecule has 3 aromatic rings.